The van der Waals surface area contributed by atoms with E-state index in [1.54, 1.807) is 18.2 Å². The first-order valence-corrected chi connectivity index (χ1v) is 4.79. The number of halogens is 1. The van der Waals surface area contributed by atoms with Crippen molar-refractivity contribution in [1.29, 1.82) is 0 Å². The number of hydrogen-bond donors (Lipinski definition) is 2. The van der Waals surface area contributed by atoms with Gasteiger partial charge in [0, 0.05) is 16.8 Å². The van der Waals surface area contributed by atoms with E-state index in [1.807, 2.05) is 0 Å². The van der Waals surface area contributed by atoms with Gasteiger partial charge < -0.3 is 16.2 Å². The molecule has 1 aromatic rings. The molecule has 4 N–H and O–H groups in total. The number of hydrogen-bond acceptors (Lipinski definition) is 4. The molecular formula is C10H13ClN2O2. The maximum Gasteiger partial charge on any atom is 0.307 e. The number of nitrogen functional groups attached to an aromatic ring is 1. The van der Waals surface area contributed by atoms with Crippen molar-refractivity contribution in [1.82, 2.24) is 0 Å². The molecule has 0 unspecified atom stereocenters. The molecule has 5 heteroatoms. The van der Waals surface area contributed by atoms with Crippen LogP contribution in [0.2, 0.25) is 5.02 Å². The van der Waals surface area contributed by atoms with Crippen LogP contribution >= 0.6 is 11.6 Å². The summed E-state index contributed by atoms with van der Waals surface area (Å²) in [5.41, 5.74) is 12.7. The molecule has 1 aromatic carbocycles. The normalized spacial score (nSPS) is 12.2. The molecule has 0 heterocycles. The number of ether oxygens (including phenoxy) is 1. The van der Waals surface area contributed by atoms with Crippen LogP contribution in [0.25, 0.3) is 0 Å². The van der Waals surface area contributed by atoms with Crippen LogP contribution in [0.15, 0.2) is 18.2 Å². The van der Waals surface area contributed by atoms with E-state index >= 15 is 0 Å². The summed E-state index contributed by atoms with van der Waals surface area (Å²) in [5.74, 6) is -0.373. The van der Waals surface area contributed by atoms with Gasteiger partial charge in [-0.3, -0.25) is 4.79 Å². The Morgan fingerprint density at radius 2 is 2.27 bits per heavy atom. The number of esters is 1. The monoisotopic (exact) mass is 228 g/mol. The summed E-state index contributed by atoms with van der Waals surface area (Å²) in [6.07, 6.45) is 0.0844. The third kappa shape index (κ3) is 3.11. The average Bonchev–Trinajstić information content (AvgIpc) is 2.21. The van der Waals surface area contributed by atoms with Crippen LogP contribution in [0.4, 0.5) is 5.69 Å². The molecule has 0 saturated heterocycles. The Hall–Kier alpha value is -1.26. The summed E-state index contributed by atoms with van der Waals surface area (Å²) in [7, 11) is 1.32. The number of anilines is 1. The van der Waals surface area contributed by atoms with Gasteiger partial charge in [0.2, 0.25) is 0 Å². The lowest BCUT2D eigenvalue weighted by atomic mass is 10.0. The summed E-state index contributed by atoms with van der Waals surface area (Å²) >= 11 is 5.80. The van der Waals surface area contributed by atoms with Crippen molar-refractivity contribution in [2.75, 3.05) is 12.8 Å². The van der Waals surface area contributed by atoms with Gasteiger partial charge in [-0.2, -0.15) is 0 Å². The summed E-state index contributed by atoms with van der Waals surface area (Å²) in [5, 5.41) is 0.541. The van der Waals surface area contributed by atoms with Gasteiger partial charge in [-0.25, -0.2) is 0 Å². The SMILES string of the molecule is COC(=O)C[C@H](N)c1cc(Cl)ccc1N. The Kier molecular flexibility index (Phi) is 3.94. The highest BCUT2D eigenvalue weighted by Gasteiger charge is 2.14. The van der Waals surface area contributed by atoms with Crippen molar-refractivity contribution in [2.24, 2.45) is 5.73 Å². The molecule has 0 aliphatic heterocycles. The van der Waals surface area contributed by atoms with E-state index in [0.29, 0.717) is 16.3 Å². The van der Waals surface area contributed by atoms with Crippen molar-refractivity contribution in [3.05, 3.63) is 28.8 Å². The van der Waals surface area contributed by atoms with E-state index in [0.717, 1.165) is 0 Å². The van der Waals surface area contributed by atoms with E-state index in [4.69, 9.17) is 23.1 Å². The lowest BCUT2D eigenvalue weighted by Crippen LogP contribution is -2.17. The highest BCUT2D eigenvalue weighted by atomic mass is 35.5. The maximum absolute atomic E-state index is 11.0. The van der Waals surface area contributed by atoms with Crippen molar-refractivity contribution >= 4 is 23.3 Å². The van der Waals surface area contributed by atoms with Crippen LogP contribution in [0.5, 0.6) is 0 Å². The van der Waals surface area contributed by atoms with E-state index in [9.17, 15) is 4.79 Å². The third-order valence-electron chi connectivity index (χ3n) is 2.06. The van der Waals surface area contributed by atoms with Gasteiger partial charge in [0.1, 0.15) is 0 Å². The molecule has 0 saturated carbocycles. The molecule has 1 atom stereocenters. The van der Waals surface area contributed by atoms with Crippen LogP contribution in [0.3, 0.4) is 0 Å². The second-order valence-electron chi connectivity index (χ2n) is 3.16. The zero-order valence-electron chi connectivity index (χ0n) is 8.37. The highest BCUT2D eigenvalue weighted by molar-refractivity contribution is 6.30. The molecule has 82 valence electrons. The largest absolute Gasteiger partial charge is 0.469 e. The predicted molar refractivity (Wildman–Crippen MR) is 59.4 cm³/mol. The average molecular weight is 229 g/mol. The topological polar surface area (TPSA) is 78.3 Å². The van der Waals surface area contributed by atoms with Gasteiger partial charge in [-0.15, -0.1) is 0 Å². The number of methoxy groups -OCH3 is 1. The van der Waals surface area contributed by atoms with Crippen molar-refractivity contribution in [2.45, 2.75) is 12.5 Å². The summed E-state index contributed by atoms with van der Waals surface area (Å²) in [6.45, 7) is 0. The number of carbonyl (C=O) groups excluding carboxylic acids is 1. The van der Waals surface area contributed by atoms with Gasteiger partial charge in [0.15, 0.2) is 0 Å². The molecular weight excluding hydrogens is 216 g/mol. The van der Waals surface area contributed by atoms with Crippen molar-refractivity contribution in [3.63, 3.8) is 0 Å². The standard InChI is InChI=1S/C10H13ClN2O2/c1-15-10(14)5-9(13)7-4-6(11)2-3-8(7)12/h2-4,9H,5,12-13H2,1H3/t9-/m0/s1. The Morgan fingerprint density at radius 1 is 1.60 bits per heavy atom. The number of nitrogens with two attached hydrogens (primary N) is 2. The van der Waals surface area contributed by atoms with Crippen LogP contribution in [-0.4, -0.2) is 13.1 Å². The Balaban J connectivity index is 2.85. The first kappa shape index (κ1) is 11.8. The quantitative estimate of drug-likeness (QED) is 0.607. The molecule has 15 heavy (non-hydrogen) atoms. The molecule has 0 fully saturated rings. The van der Waals surface area contributed by atoms with E-state index in [1.165, 1.54) is 7.11 Å². The number of benzene rings is 1. The lowest BCUT2D eigenvalue weighted by Gasteiger charge is -2.13. The van der Waals surface area contributed by atoms with E-state index in [2.05, 4.69) is 4.74 Å². The van der Waals surface area contributed by atoms with Gasteiger partial charge in [-0.1, -0.05) is 11.6 Å². The zero-order valence-corrected chi connectivity index (χ0v) is 9.12. The first-order chi connectivity index (χ1) is 7.04. The Labute approximate surface area is 93.1 Å². The third-order valence-corrected chi connectivity index (χ3v) is 2.30. The van der Waals surface area contributed by atoms with Gasteiger partial charge in [0.05, 0.1) is 13.5 Å². The first-order valence-electron chi connectivity index (χ1n) is 4.42. The van der Waals surface area contributed by atoms with Gasteiger partial charge >= 0.3 is 5.97 Å². The number of rotatable bonds is 3. The van der Waals surface area contributed by atoms with E-state index in [-0.39, 0.29) is 12.4 Å². The van der Waals surface area contributed by atoms with Crippen molar-refractivity contribution in [3.8, 4) is 0 Å². The summed E-state index contributed by atoms with van der Waals surface area (Å²) in [6, 6.07) is 4.50. The summed E-state index contributed by atoms with van der Waals surface area (Å²) in [4.78, 5) is 11.0. The highest BCUT2D eigenvalue weighted by Crippen LogP contribution is 2.24. The molecule has 0 aliphatic rings. The minimum Gasteiger partial charge on any atom is -0.469 e. The summed E-state index contributed by atoms with van der Waals surface area (Å²) < 4.78 is 4.52. The molecule has 0 aliphatic carbocycles. The molecule has 0 bridgehead atoms. The molecule has 0 radical (unpaired) electrons. The molecule has 0 spiro atoms. The fourth-order valence-corrected chi connectivity index (χ4v) is 1.42. The minimum absolute atomic E-state index is 0.0844. The molecule has 4 nitrogen and oxygen atoms in total. The van der Waals surface area contributed by atoms with Crippen LogP contribution < -0.4 is 11.5 Å². The fraction of sp³-hybridized carbons (Fsp3) is 0.300. The minimum atomic E-state index is -0.490. The van der Waals surface area contributed by atoms with Crippen LogP contribution in [0, 0.1) is 0 Å². The van der Waals surface area contributed by atoms with Crippen LogP contribution in [0.1, 0.15) is 18.0 Å². The molecule has 1 rings (SSSR count). The zero-order chi connectivity index (χ0) is 11.4. The Morgan fingerprint density at radius 3 is 2.87 bits per heavy atom. The predicted octanol–water partition coefficient (Wildman–Crippen LogP) is 1.49. The fourth-order valence-electron chi connectivity index (χ4n) is 1.24. The van der Waals surface area contributed by atoms with Gasteiger partial charge in [-0.05, 0) is 23.8 Å². The van der Waals surface area contributed by atoms with Gasteiger partial charge in [0.25, 0.3) is 0 Å². The van der Waals surface area contributed by atoms with Crippen LogP contribution in [-0.2, 0) is 9.53 Å². The lowest BCUT2D eigenvalue weighted by molar-refractivity contribution is -0.141. The van der Waals surface area contributed by atoms with Crippen molar-refractivity contribution < 1.29 is 9.53 Å². The maximum atomic E-state index is 11.0. The molecule has 0 aromatic heterocycles. The number of carbonyl (C=O) groups is 1. The molecule has 0 amide bonds. The Bertz CT molecular complexity index is 368. The second kappa shape index (κ2) is 5.00. The van der Waals surface area contributed by atoms with E-state index < -0.39 is 6.04 Å². The second-order valence-corrected chi connectivity index (χ2v) is 3.60. The smallest absolute Gasteiger partial charge is 0.307 e.